The van der Waals surface area contributed by atoms with Crippen LogP contribution in [0.15, 0.2) is 47.1 Å². The maximum Gasteiger partial charge on any atom is 0.425 e. The average molecular weight is 442 g/mol. The number of nitrogens with one attached hydrogen (secondary N) is 1. The van der Waals surface area contributed by atoms with Crippen molar-refractivity contribution in [2.45, 2.75) is 25.4 Å². The number of hydrogen-bond acceptors (Lipinski definition) is 5. The van der Waals surface area contributed by atoms with Crippen molar-refractivity contribution in [1.29, 1.82) is 0 Å². The van der Waals surface area contributed by atoms with Gasteiger partial charge in [0, 0.05) is 17.1 Å². The fraction of sp³-hybridized carbons (Fsp3) is 0.211. The lowest BCUT2D eigenvalue weighted by Crippen LogP contribution is -2.31. The maximum atomic E-state index is 13.4. The Balaban J connectivity index is 1.68. The first-order chi connectivity index (χ1) is 14.5. The van der Waals surface area contributed by atoms with Crippen molar-refractivity contribution >= 4 is 11.0 Å². The van der Waals surface area contributed by atoms with Gasteiger partial charge in [0.1, 0.15) is 17.1 Å². The molecular weight excluding hydrogens is 430 g/mol. The lowest BCUT2D eigenvalue weighted by Gasteiger charge is -2.20. The Morgan fingerprint density at radius 3 is 2.48 bits per heavy atom. The summed E-state index contributed by atoms with van der Waals surface area (Å²) < 4.78 is 88.0. The number of fused-ring (bicyclic) bond motifs is 1. The number of benzene rings is 1. The minimum Gasteiger partial charge on any atom is -0.481 e. The van der Waals surface area contributed by atoms with Crippen LogP contribution in [-0.4, -0.2) is 32.4 Å². The highest BCUT2D eigenvalue weighted by atomic mass is 19.4. The van der Waals surface area contributed by atoms with Gasteiger partial charge in [-0.1, -0.05) is 5.16 Å². The van der Waals surface area contributed by atoms with Gasteiger partial charge in [-0.2, -0.15) is 31.3 Å². The molecule has 0 aliphatic carbocycles. The van der Waals surface area contributed by atoms with E-state index in [1.165, 1.54) is 0 Å². The van der Waals surface area contributed by atoms with Gasteiger partial charge in [0.05, 0.1) is 5.56 Å². The number of rotatable bonds is 4. The zero-order valence-corrected chi connectivity index (χ0v) is 15.5. The number of nitrogens with zero attached hydrogens (tertiary/aromatic N) is 3. The van der Waals surface area contributed by atoms with Gasteiger partial charge in [-0.3, -0.25) is 0 Å². The Morgan fingerprint density at radius 1 is 1.00 bits per heavy atom. The van der Waals surface area contributed by atoms with Crippen LogP contribution >= 0.6 is 0 Å². The standard InChI is InChI=1S/C19H12F6N4O2/c1-9(18(20,21)22)30-14-5-3-11(8-12(14)19(23,24)25)17-28-16(29-31-17)13-4-2-10-6-7-26-15(10)27-13/h2-9H,1H3,(H,26,27). The van der Waals surface area contributed by atoms with E-state index in [4.69, 9.17) is 4.52 Å². The third kappa shape index (κ3) is 4.18. The van der Waals surface area contributed by atoms with Crippen LogP contribution in [0, 0.1) is 0 Å². The summed E-state index contributed by atoms with van der Waals surface area (Å²) in [7, 11) is 0. The van der Waals surface area contributed by atoms with Gasteiger partial charge < -0.3 is 14.2 Å². The minimum atomic E-state index is -4.97. The lowest BCUT2D eigenvalue weighted by molar-refractivity contribution is -0.191. The van der Waals surface area contributed by atoms with Crippen molar-refractivity contribution in [3.8, 4) is 28.7 Å². The quantitative estimate of drug-likeness (QED) is 0.415. The fourth-order valence-corrected chi connectivity index (χ4v) is 2.74. The molecule has 6 nitrogen and oxygen atoms in total. The highest BCUT2D eigenvalue weighted by Gasteiger charge is 2.41. The Hall–Kier alpha value is -3.57. The Kier molecular flexibility index (Phi) is 4.86. The summed E-state index contributed by atoms with van der Waals surface area (Å²) in [6.45, 7) is 0.617. The highest BCUT2D eigenvalue weighted by molar-refractivity contribution is 5.77. The molecule has 1 unspecified atom stereocenters. The van der Waals surface area contributed by atoms with E-state index in [1.807, 2.05) is 0 Å². The smallest absolute Gasteiger partial charge is 0.425 e. The second kappa shape index (κ2) is 7.29. The van der Waals surface area contributed by atoms with E-state index in [1.54, 1.807) is 24.4 Å². The fourth-order valence-electron chi connectivity index (χ4n) is 2.74. The Morgan fingerprint density at radius 2 is 1.77 bits per heavy atom. The topological polar surface area (TPSA) is 76.8 Å². The summed E-state index contributed by atoms with van der Waals surface area (Å²) in [6, 6.07) is 7.65. The van der Waals surface area contributed by atoms with Gasteiger partial charge in [0.2, 0.25) is 5.82 Å². The Bertz CT molecular complexity index is 1230. The maximum absolute atomic E-state index is 13.4. The molecule has 0 radical (unpaired) electrons. The van der Waals surface area contributed by atoms with Crippen molar-refractivity contribution in [2.75, 3.05) is 0 Å². The van der Waals surface area contributed by atoms with Gasteiger partial charge in [-0.05, 0) is 43.3 Å². The molecule has 1 atom stereocenters. The molecular formula is C19H12F6N4O2. The first kappa shape index (κ1) is 20.7. The third-order valence-corrected chi connectivity index (χ3v) is 4.36. The van der Waals surface area contributed by atoms with Crippen molar-refractivity contribution in [2.24, 2.45) is 0 Å². The van der Waals surface area contributed by atoms with E-state index in [-0.39, 0.29) is 17.3 Å². The molecule has 0 amide bonds. The van der Waals surface area contributed by atoms with Crippen LogP contribution in [0.3, 0.4) is 0 Å². The number of ether oxygens (including phenoxy) is 1. The van der Waals surface area contributed by atoms with Crippen LogP contribution in [0.2, 0.25) is 0 Å². The molecule has 1 aromatic carbocycles. The van der Waals surface area contributed by atoms with Gasteiger partial charge in [0.15, 0.2) is 6.10 Å². The molecule has 0 aliphatic heterocycles. The Labute approximate surface area is 169 Å². The zero-order chi connectivity index (χ0) is 22.4. The number of alkyl halides is 6. The number of aromatic nitrogens is 4. The molecule has 3 aromatic heterocycles. The first-order valence-electron chi connectivity index (χ1n) is 8.75. The predicted octanol–water partition coefficient (Wildman–Crippen LogP) is 5.63. The number of aromatic amines is 1. The second-order valence-corrected chi connectivity index (χ2v) is 6.55. The molecule has 12 heteroatoms. The number of halogens is 6. The van der Waals surface area contributed by atoms with Crippen LogP contribution in [0.4, 0.5) is 26.3 Å². The molecule has 4 aromatic rings. The lowest BCUT2D eigenvalue weighted by atomic mass is 10.1. The molecule has 0 spiro atoms. The van der Waals surface area contributed by atoms with Gasteiger partial charge in [-0.15, -0.1) is 0 Å². The molecule has 31 heavy (non-hydrogen) atoms. The molecule has 3 heterocycles. The predicted molar refractivity (Wildman–Crippen MR) is 96.0 cm³/mol. The number of H-pyrrole nitrogens is 1. The molecule has 0 aliphatic rings. The van der Waals surface area contributed by atoms with Crippen LogP contribution < -0.4 is 4.74 Å². The molecule has 1 N–H and O–H groups in total. The van der Waals surface area contributed by atoms with E-state index < -0.39 is 29.8 Å². The van der Waals surface area contributed by atoms with E-state index in [9.17, 15) is 26.3 Å². The number of pyridine rings is 1. The monoisotopic (exact) mass is 442 g/mol. The van der Waals surface area contributed by atoms with Crippen molar-refractivity contribution in [1.82, 2.24) is 20.1 Å². The van der Waals surface area contributed by atoms with Crippen LogP contribution in [0.25, 0.3) is 34.0 Å². The molecule has 0 saturated carbocycles. The first-order valence-corrected chi connectivity index (χ1v) is 8.75. The van der Waals surface area contributed by atoms with E-state index in [0.717, 1.165) is 17.5 Å². The van der Waals surface area contributed by atoms with Crippen LogP contribution in [0.1, 0.15) is 12.5 Å². The third-order valence-electron chi connectivity index (χ3n) is 4.36. The molecule has 4 rings (SSSR count). The summed E-state index contributed by atoms with van der Waals surface area (Å²) in [4.78, 5) is 11.3. The molecule has 162 valence electrons. The van der Waals surface area contributed by atoms with Crippen LogP contribution in [0.5, 0.6) is 5.75 Å². The van der Waals surface area contributed by atoms with Gasteiger partial charge >= 0.3 is 12.4 Å². The summed E-state index contributed by atoms with van der Waals surface area (Å²) >= 11 is 0. The van der Waals surface area contributed by atoms with Crippen molar-refractivity contribution in [3.05, 3.63) is 48.2 Å². The summed E-state index contributed by atoms with van der Waals surface area (Å²) in [5.41, 5.74) is -0.658. The summed E-state index contributed by atoms with van der Waals surface area (Å²) in [6.07, 6.45) is -10.5. The van der Waals surface area contributed by atoms with Gasteiger partial charge in [-0.25, -0.2) is 4.98 Å². The molecule has 0 fully saturated rings. The van der Waals surface area contributed by atoms with Gasteiger partial charge in [0.25, 0.3) is 5.89 Å². The second-order valence-electron chi connectivity index (χ2n) is 6.55. The minimum absolute atomic E-state index is 0.0334. The SMILES string of the molecule is CC(Oc1ccc(-c2nc(-c3ccc4cc[nH]c4n3)no2)cc1C(F)(F)F)C(F)(F)F. The molecule has 0 saturated heterocycles. The normalized spacial score (nSPS) is 13.5. The summed E-state index contributed by atoms with van der Waals surface area (Å²) in [5, 5.41) is 4.56. The average Bonchev–Trinajstić information content (AvgIpc) is 3.35. The zero-order valence-electron chi connectivity index (χ0n) is 15.5. The largest absolute Gasteiger partial charge is 0.481 e. The van der Waals surface area contributed by atoms with Crippen molar-refractivity contribution in [3.63, 3.8) is 0 Å². The highest BCUT2D eigenvalue weighted by Crippen LogP contribution is 2.40. The van der Waals surface area contributed by atoms with Crippen LogP contribution in [-0.2, 0) is 6.18 Å². The number of hydrogen-bond donors (Lipinski definition) is 1. The van der Waals surface area contributed by atoms with E-state index in [0.29, 0.717) is 24.3 Å². The summed E-state index contributed by atoms with van der Waals surface area (Å²) in [5.74, 6) is -1.19. The molecule has 0 bridgehead atoms. The van der Waals surface area contributed by atoms with E-state index >= 15 is 0 Å². The van der Waals surface area contributed by atoms with E-state index in [2.05, 4.69) is 24.8 Å². The van der Waals surface area contributed by atoms with Crippen molar-refractivity contribution < 1.29 is 35.6 Å².